The number of pyridine rings is 1. The van der Waals surface area contributed by atoms with Gasteiger partial charge in [-0.15, -0.1) is 0 Å². The second kappa shape index (κ2) is 5.65. The van der Waals surface area contributed by atoms with Gasteiger partial charge in [-0.05, 0) is 30.5 Å². The molecular formula is C19H14ClN3O. The maximum Gasteiger partial charge on any atom is 0.274 e. The molecule has 0 bridgehead atoms. The van der Waals surface area contributed by atoms with E-state index < -0.39 is 0 Å². The van der Waals surface area contributed by atoms with Crippen LogP contribution in [0.15, 0.2) is 60.8 Å². The van der Waals surface area contributed by atoms with E-state index in [1.807, 2.05) is 49.4 Å². The number of aromatic nitrogens is 2. The van der Waals surface area contributed by atoms with Crippen molar-refractivity contribution in [2.45, 2.75) is 6.92 Å². The zero-order valence-electron chi connectivity index (χ0n) is 13.0. The van der Waals surface area contributed by atoms with E-state index in [-0.39, 0.29) is 5.91 Å². The van der Waals surface area contributed by atoms with Gasteiger partial charge in [-0.3, -0.25) is 9.20 Å². The molecule has 1 N–H and O–H groups in total. The first-order valence-electron chi connectivity index (χ1n) is 7.57. The Morgan fingerprint density at radius 1 is 1.08 bits per heavy atom. The van der Waals surface area contributed by atoms with Crippen molar-refractivity contribution >= 4 is 39.6 Å². The van der Waals surface area contributed by atoms with Gasteiger partial charge >= 0.3 is 0 Å². The summed E-state index contributed by atoms with van der Waals surface area (Å²) in [5.41, 5.74) is 2.62. The number of hydrogen-bond donors (Lipinski definition) is 1. The van der Waals surface area contributed by atoms with Crippen LogP contribution in [0.25, 0.3) is 16.4 Å². The molecule has 0 unspecified atom stereocenters. The number of benzene rings is 2. The molecule has 0 fully saturated rings. The molecule has 2 aromatic carbocycles. The van der Waals surface area contributed by atoms with Crippen LogP contribution < -0.4 is 5.32 Å². The maximum atomic E-state index is 12.8. The van der Waals surface area contributed by atoms with Gasteiger partial charge in [-0.2, -0.15) is 0 Å². The molecule has 2 heterocycles. The van der Waals surface area contributed by atoms with Crippen molar-refractivity contribution in [2.24, 2.45) is 0 Å². The molecule has 0 spiro atoms. The number of carbonyl (C=O) groups is 1. The Labute approximate surface area is 143 Å². The fourth-order valence-corrected chi connectivity index (χ4v) is 3.09. The molecule has 0 aliphatic carbocycles. The highest BCUT2D eigenvalue weighted by molar-refractivity contribution is 6.30. The number of fused-ring (bicyclic) bond motifs is 2. The maximum absolute atomic E-state index is 12.8. The molecular weight excluding hydrogens is 322 g/mol. The largest absolute Gasteiger partial charge is 0.320 e. The molecule has 4 rings (SSSR count). The SMILES string of the molecule is Cc1nc2ccc(Cl)cn2c1C(=O)Nc1cccc2ccccc12. The molecule has 0 saturated carbocycles. The third kappa shape index (κ3) is 2.41. The molecule has 0 radical (unpaired) electrons. The zero-order valence-corrected chi connectivity index (χ0v) is 13.7. The summed E-state index contributed by atoms with van der Waals surface area (Å²) in [6.45, 7) is 1.82. The van der Waals surface area contributed by atoms with Crippen LogP contribution >= 0.6 is 11.6 Å². The van der Waals surface area contributed by atoms with Crippen LogP contribution in [0.5, 0.6) is 0 Å². The first-order valence-corrected chi connectivity index (χ1v) is 7.94. The van der Waals surface area contributed by atoms with Crippen molar-refractivity contribution < 1.29 is 4.79 Å². The van der Waals surface area contributed by atoms with Gasteiger partial charge in [-0.25, -0.2) is 4.98 Å². The molecule has 118 valence electrons. The molecule has 0 saturated heterocycles. The highest BCUT2D eigenvalue weighted by Crippen LogP contribution is 2.24. The average molecular weight is 336 g/mol. The number of nitrogens with zero attached hydrogens (tertiary/aromatic N) is 2. The van der Waals surface area contributed by atoms with Crippen molar-refractivity contribution in [1.82, 2.24) is 9.38 Å². The van der Waals surface area contributed by atoms with E-state index >= 15 is 0 Å². The number of carbonyl (C=O) groups excluding carboxylic acids is 1. The summed E-state index contributed by atoms with van der Waals surface area (Å²) in [5.74, 6) is -0.210. The van der Waals surface area contributed by atoms with E-state index in [0.717, 1.165) is 16.5 Å². The van der Waals surface area contributed by atoms with Crippen LogP contribution in [0.3, 0.4) is 0 Å². The fourth-order valence-electron chi connectivity index (χ4n) is 2.93. The Kier molecular flexibility index (Phi) is 3.47. The molecule has 2 aromatic heterocycles. The Morgan fingerprint density at radius 2 is 1.88 bits per heavy atom. The topological polar surface area (TPSA) is 46.4 Å². The van der Waals surface area contributed by atoms with Gasteiger partial charge < -0.3 is 5.32 Å². The molecule has 4 nitrogen and oxygen atoms in total. The van der Waals surface area contributed by atoms with E-state index in [9.17, 15) is 4.79 Å². The van der Waals surface area contributed by atoms with Gasteiger partial charge in [0.25, 0.3) is 5.91 Å². The number of imidazole rings is 1. The highest BCUT2D eigenvalue weighted by atomic mass is 35.5. The number of aryl methyl sites for hydroxylation is 1. The van der Waals surface area contributed by atoms with E-state index in [1.165, 1.54) is 0 Å². The van der Waals surface area contributed by atoms with Gasteiger partial charge in [0, 0.05) is 17.3 Å². The lowest BCUT2D eigenvalue weighted by atomic mass is 10.1. The van der Waals surface area contributed by atoms with Crippen molar-refractivity contribution in [1.29, 1.82) is 0 Å². The predicted molar refractivity (Wildman–Crippen MR) is 96.8 cm³/mol. The third-order valence-corrected chi connectivity index (χ3v) is 4.23. The van der Waals surface area contributed by atoms with Crippen molar-refractivity contribution in [2.75, 3.05) is 5.32 Å². The Morgan fingerprint density at radius 3 is 2.75 bits per heavy atom. The zero-order chi connectivity index (χ0) is 16.7. The highest BCUT2D eigenvalue weighted by Gasteiger charge is 2.17. The lowest BCUT2D eigenvalue weighted by Gasteiger charge is -2.09. The van der Waals surface area contributed by atoms with E-state index in [1.54, 1.807) is 22.7 Å². The smallest absolute Gasteiger partial charge is 0.274 e. The Bertz CT molecular complexity index is 1080. The number of amides is 1. The molecule has 24 heavy (non-hydrogen) atoms. The van der Waals surface area contributed by atoms with Crippen molar-refractivity contribution in [3.05, 3.63) is 77.2 Å². The molecule has 0 atom stereocenters. The number of halogens is 1. The molecule has 1 amide bonds. The number of nitrogens with one attached hydrogen (secondary N) is 1. The van der Waals surface area contributed by atoms with Crippen LogP contribution in [-0.2, 0) is 0 Å². The minimum atomic E-state index is -0.210. The second-order valence-corrected chi connectivity index (χ2v) is 6.04. The summed E-state index contributed by atoms with van der Waals surface area (Å²) in [6, 6.07) is 17.3. The molecule has 0 aliphatic rings. The second-order valence-electron chi connectivity index (χ2n) is 5.60. The fraction of sp³-hybridized carbons (Fsp3) is 0.0526. The normalized spacial score (nSPS) is 11.1. The molecule has 4 aromatic rings. The summed E-state index contributed by atoms with van der Waals surface area (Å²) < 4.78 is 1.72. The van der Waals surface area contributed by atoms with E-state index in [2.05, 4.69) is 10.3 Å². The van der Waals surface area contributed by atoms with Crippen LogP contribution in [0.1, 0.15) is 16.2 Å². The van der Waals surface area contributed by atoms with Crippen LogP contribution in [-0.4, -0.2) is 15.3 Å². The van der Waals surface area contributed by atoms with Gasteiger partial charge in [0.1, 0.15) is 11.3 Å². The summed E-state index contributed by atoms with van der Waals surface area (Å²) in [4.78, 5) is 17.3. The summed E-state index contributed by atoms with van der Waals surface area (Å²) in [6.07, 6.45) is 1.70. The van der Waals surface area contributed by atoms with E-state index in [0.29, 0.717) is 22.1 Å². The summed E-state index contributed by atoms with van der Waals surface area (Å²) >= 11 is 6.06. The summed E-state index contributed by atoms with van der Waals surface area (Å²) in [5, 5.41) is 5.63. The third-order valence-electron chi connectivity index (χ3n) is 4.01. The first-order chi connectivity index (χ1) is 11.6. The predicted octanol–water partition coefficient (Wildman–Crippen LogP) is 4.70. The monoisotopic (exact) mass is 335 g/mol. The molecule has 0 aliphatic heterocycles. The van der Waals surface area contributed by atoms with E-state index in [4.69, 9.17) is 11.6 Å². The van der Waals surface area contributed by atoms with Gasteiger partial charge in [-0.1, -0.05) is 48.0 Å². The van der Waals surface area contributed by atoms with Gasteiger partial charge in [0.15, 0.2) is 0 Å². The lowest BCUT2D eigenvalue weighted by Crippen LogP contribution is -2.15. The van der Waals surface area contributed by atoms with Crippen molar-refractivity contribution in [3.63, 3.8) is 0 Å². The first kappa shape index (κ1) is 14.7. The van der Waals surface area contributed by atoms with Crippen LogP contribution in [0, 0.1) is 6.92 Å². The Balaban J connectivity index is 1.79. The van der Waals surface area contributed by atoms with Gasteiger partial charge in [0.05, 0.1) is 10.7 Å². The minimum Gasteiger partial charge on any atom is -0.320 e. The quantitative estimate of drug-likeness (QED) is 0.577. The standard InChI is InChI=1S/C19H14ClN3O/c1-12-18(23-11-14(20)9-10-17(23)21-12)19(24)22-16-8-4-6-13-5-2-3-7-15(13)16/h2-11H,1H3,(H,22,24). The van der Waals surface area contributed by atoms with Crippen molar-refractivity contribution in [3.8, 4) is 0 Å². The summed E-state index contributed by atoms with van der Waals surface area (Å²) in [7, 11) is 0. The number of rotatable bonds is 2. The van der Waals surface area contributed by atoms with Crippen LogP contribution in [0.2, 0.25) is 5.02 Å². The lowest BCUT2D eigenvalue weighted by molar-refractivity contribution is 0.102. The number of hydrogen-bond acceptors (Lipinski definition) is 2. The molecule has 5 heteroatoms. The minimum absolute atomic E-state index is 0.210. The number of anilines is 1. The Hall–Kier alpha value is -2.85. The van der Waals surface area contributed by atoms with Gasteiger partial charge in [0.2, 0.25) is 0 Å². The van der Waals surface area contributed by atoms with Crippen LogP contribution in [0.4, 0.5) is 5.69 Å². The average Bonchev–Trinajstić information content (AvgIpc) is 2.90.